The maximum atomic E-state index is 12.7. The van der Waals surface area contributed by atoms with Crippen LogP contribution in [-0.2, 0) is 16.1 Å². The molecule has 1 fully saturated rings. The van der Waals surface area contributed by atoms with E-state index < -0.39 is 11.8 Å². The summed E-state index contributed by atoms with van der Waals surface area (Å²) in [7, 11) is 0. The fourth-order valence-corrected chi connectivity index (χ4v) is 4.92. The number of nitrogens with zero attached hydrogens (tertiary/aromatic N) is 3. The lowest BCUT2D eigenvalue weighted by Gasteiger charge is -2.39. The number of rotatable bonds is 7. The van der Waals surface area contributed by atoms with Crippen LogP contribution in [0.5, 0.6) is 0 Å². The van der Waals surface area contributed by atoms with Crippen LogP contribution in [0, 0.1) is 20.8 Å². The summed E-state index contributed by atoms with van der Waals surface area (Å²) < 4.78 is 0. The Morgan fingerprint density at radius 3 is 2.25 bits per heavy atom. The van der Waals surface area contributed by atoms with E-state index >= 15 is 0 Å². The lowest BCUT2D eigenvalue weighted by atomic mass is 10.0. The average molecular weight is 486 g/mol. The second kappa shape index (κ2) is 11.9. The quantitative estimate of drug-likeness (QED) is 0.500. The first kappa shape index (κ1) is 25.5. The van der Waals surface area contributed by atoms with Gasteiger partial charge in [0, 0.05) is 57.3 Å². The molecule has 188 valence electrons. The zero-order valence-electron chi connectivity index (χ0n) is 21.3. The molecule has 1 atom stereocenters. The minimum Gasteiger partial charge on any atom is -0.346 e. The summed E-state index contributed by atoms with van der Waals surface area (Å²) in [6.07, 6.45) is 3.59. The van der Waals surface area contributed by atoms with Crippen molar-refractivity contribution in [2.75, 3.05) is 38.0 Å². The predicted octanol–water partition coefficient (Wildman–Crippen LogP) is 3.62. The van der Waals surface area contributed by atoms with Crippen LogP contribution in [0.2, 0.25) is 0 Å². The van der Waals surface area contributed by atoms with Crippen LogP contribution in [0.1, 0.15) is 33.9 Å². The molecule has 36 heavy (non-hydrogen) atoms. The Hall–Kier alpha value is -3.55. The Bertz CT molecular complexity index is 1150. The molecule has 0 saturated carbocycles. The highest BCUT2D eigenvalue weighted by molar-refractivity contribution is 6.39. The van der Waals surface area contributed by atoms with Crippen LogP contribution >= 0.6 is 0 Å². The Balaban J connectivity index is 1.37. The van der Waals surface area contributed by atoms with Gasteiger partial charge in [-0.15, -0.1) is 0 Å². The van der Waals surface area contributed by atoms with Gasteiger partial charge < -0.3 is 10.6 Å². The monoisotopic (exact) mass is 485 g/mol. The minimum atomic E-state index is -0.650. The smallest absolute Gasteiger partial charge is 0.313 e. The standard InChI is InChI=1S/C29H35N5O2/c1-21-16-22(2)27(23(3)17-21)32-29(36)28(35)31-19-26(25-10-7-11-30-18-25)34-14-12-33(13-15-34)20-24-8-5-4-6-9-24/h4-11,16-18,26H,12-15,19-20H2,1-3H3,(H,31,35)(H,32,36)/t26-/m0/s1. The molecule has 1 aliphatic heterocycles. The molecule has 0 bridgehead atoms. The molecule has 0 spiro atoms. The lowest BCUT2D eigenvalue weighted by molar-refractivity contribution is -0.136. The summed E-state index contributed by atoms with van der Waals surface area (Å²) in [5.74, 6) is -1.28. The number of nitrogens with one attached hydrogen (secondary N) is 2. The van der Waals surface area contributed by atoms with Gasteiger partial charge in [0.1, 0.15) is 0 Å². The van der Waals surface area contributed by atoms with Gasteiger partial charge in [-0.3, -0.25) is 24.4 Å². The normalized spacial score (nSPS) is 15.3. The van der Waals surface area contributed by atoms with E-state index in [1.807, 2.05) is 57.3 Å². The Kier molecular flexibility index (Phi) is 8.46. The molecule has 1 aliphatic rings. The molecule has 1 saturated heterocycles. The first-order valence-electron chi connectivity index (χ1n) is 12.5. The van der Waals surface area contributed by atoms with Gasteiger partial charge in [-0.2, -0.15) is 0 Å². The number of hydrogen-bond acceptors (Lipinski definition) is 5. The third-order valence-electron chi connectivity index (χ3n) is 6.74. The van der Waals surface area contributed by atoms with Crippen molar-refractivity contribution in [2.45, 2.75) is 33.4 Å². The third kappa shape index (κ3) is 6.56. The highest BCUT2D eigenvalue weighted by Crippen LogP contribution is 2.23. The van der Waals surface area contributed by atoms with E-state index in [4.69, 9.17) is 0 Å². The van der Waals surface area contributed by atoms with Gasteiger partial charge in [-0.05, 0) is 49.1 Å². The Labute approximate surface area is 213 Å². The molecule has 7 nitrogen and oxygen atoms in total. The van der Waals surface area contributed by atoms with Crippen molar-refractivity contribution in [2.24, 2.45) is 0 Å². The number of hydrogen-bond donors (Lipinski definition) is 2. The molecule has 7 heteroatoms. The van der Waals surface area contributed by atoms with Gasteiger partial charge in [0.15, 0.2) is 0 Å². The van der Waals surface area contributed by atoms with E-state index in [1.54, 1.807) is 6.20 Å². The summed E-state index contributed by atoms with van der Waals surface area (Å²) in [6.45, 7) is 10.8. The lowest BCUT2D eigenvalue weighted by Crippen LogP contribution is -2.50. The zero-order valence-corrected chi connectivity index (χ0v) is 21.3. The number of piperazine rings is 1. The molecule has 0 aliphatic carbocycles. The van der Waals surface area contributed by atoms with E-state index in [1.165, 1.54) is 5.56 Å². The number of pyridine rings is 1. The van der Waals surface area contributed by atoms with Crippen LogP contribution in [-0.4, -0.2) is 59.3 Å². The van der Waals surface area contributed by atoms with Gasteiger partial charge in [0.25, 0.3) is 0 Å². The van der Waals surface area contributed by atoms with Gasteiger partial charge in [0.2, 0.25) is 0 Å². The summed E-state index contributed by atoms with van der Waals surface area (Å²) in [5, 5.41) is 5.66. The number of aromatic nitrogens is 1. The molecule has 2 amide bonds. The summed E-state index contributed by atoms with van der Waals surface area (Å²) in [4.78, 5) is 34.5. The zero-order chi connectivity index (χ0) is 25.5. The van der Waals surface area contributed by atoms with Crippen LogP contribution < -0.4 is 10.6 Å². The van der Waals surface area contributed by atoms with E-state index in [9.17, 15) is 9.59 Å². The first-order valence-corrected chi connectivity index (χ1v) is 12.5. The maximum absolute atomic E-state index is 12.7. The number of benzene rings is 2. The van der Waals surface area contributed by atoms with Gasteiger partial charge in [-0.1, -0.05) is 54.1 Å². The van der Waals surface area contributed by atoms with Gasteiger partial charge >= 0.3 is 11.8 Å². The van der Waals surface area contributed by atoms with Gasteiger partial charge in [-0.25, -0.2) is 0 Å². The second-order valence-electron chi connectivity index (χ2n) is 9.54. The van der Waals surface area contributed by atoms with Crippen molar-refractivity contribution in [3.8, 4) is 0 Å². The highest BCUT2D eigenvalue weighted by Gasteiger charge is 2.27. The molecule has 2 N–H and O–H groups in total. The fourth-order valence-electron chi connectivity index (χ4n) is 4.92. The largest absolute Gasteiger partial charge is 0.346 e. The molecule has 0 radical (unpaired) electrons. The number of anilines is 1. The van der Waals surface area contributed by atoms with E-state index in [0.29, 0.717) is 12.2 Å². The molecule has 1 aromatic heterocycles. The van der Waals surface area contributed by atoms with Crippen LogP contribution in [0.4, 0.5) is 5.69 Å². The van der Waals surface area contributed by atoms with Crippen LogP contribution in [0.3, 0.4) is 0 Å². The maximum Gasteiger partial charge on any atom is 0.313 e. The van der Waals surface area contributed by atoms with E-state index in [-0.39, 0.29) is 6.04 Å². The molecular weight excluding hydrogens is 450 g/mol. The van der Waals surface area contributed by atoms with Crippen molar-refractivity contribution in [3.63, 3.8) is 0 Å². The number of carbonyl (C=O) groups is 2. The second-order valence-corrected chi connectivity index (χ2v) is 9.54. The van der Waals surface area contributed by atoms with Gasteiger partial charge in [0.05, 0.1) is 6.04 Å². The van der Waals surface area contributed by atoms with Crippen molar-refractivity contribution in [1.29, 1.82) is 0 Å². The average Bonchev–Trinajstić information content (AvgIpc) is 2.88. The SMILES string of the molecule is Cc1cc(C)c(NC(=O)C(=O)NC[C@@H](c2cccnc2)N2CCN(Cc3ccccc3)CC2)c(C)c1. The van der Waals surface area contributed by atoms with E-state index in [0.717, 1.165) is 55.0 Å². The molecule has 4 rings (SSSR count). The Morgan fingerprint density at radius 1 is 0.917 bits per heavy atom. The predicted molar refractivity (Wildman–Crippen MR) is 143 cm³/mol. The summed E-state index contributed by atoms with van der Waals surface area (Å²) in [6, 6.07) is 18.4. The topological polar surface area (TPSA) is 77.6 Å². The summed E-state index contributed by atoms with van der Waals surface area (Å²) in [5.41, 5.74) is 6.03. The summed E-state index contributed by atoms with van der Waals surface area (Å²) >= 11 is 0. The van der Waals surface area contributed by atoms with E-state index in [2.05, 4.69) is 49.7 Å². The molecule has 0 unspecified atom stereocenters. The minimum absolute atomic E-state index is 0.0582. The highest BCUT2D eigenvalue weighted by atomic mass is 16.2. The number of amides is 2. The number of carbonyl (C=O) groups excluding carboxylic acids is 2. The van der Waals surface area contributed by atoms with Crippen molar-refractivity contribution < 1.29 is 9.59 Å². The van der Waals surface area contributed by atoms with Crippen molar-refractivity contribution in [1.82, 2.24) is 20.1 Å². The van der Waals surface area contributed by atoms with Crippen molar-refractivity contribution >= 4 is 17.5 Å². The first-order chi connectivity index (χ1) is 17.4. The Morgan fingerprint density at radius 2 is 1.61 bits per heavy atom. The molecule has 2 heterocycles. The third-order valence-corrected chi connectivity index (χ3v) is 6.74. The molecular formula is C29H35N5O2. The number of aryl methyl sites for hydroxylation is 3. The van der Waals surface area contributed by atoms with Crippen LogP contribution in [0.25, 0.3) is 0 Å². The van der Waals surface area contributed by atoms with Crippen LogP contribution in [0.15, 0.2) is 67.0 Å². The molecule has 2 aromatic carbocycles. The fraction of sp³-hybridized carbons (Fsp3) is 0.345. The molecule has 3 aromatic rings. The van der Waals surface area contributed by atoms with Crippen molar-refractivity contribution in [3.05, 3.63) is 94.8 Å².